The minimum Gasteiger partial charge on any atom is -0.340 e. The molecule has 3 nitrogen and oxygen atoms in total. The largest absolute Gasteiger partial charge is 0.340 e. The Kier molecular flexibility index (Phi) is 4.28. The molecule has 0 atom stereocenters. The Morgan fingerprint density at radius 3 is 1.93 bits per heavy atom. The van der Waals surface area contributed by atoms with Crippen LogP contribution in [0.5, 0.6) is 0 Å². The standard InChI is InChI=1S/C24H28O3/c1-22(2)11-12-23(3,4)21-15-19(9-10-20(21)22)24(26-13-14-27-24)18-7-5-17(16-25)6-8-18/h5-10,15-16H,11-14H2,1-4H3. The highest BCUT2D eigenvalue weighted by molar-refractivity contribution is 5.74. The van der Waals surface area contributed by atoms with Crippen LogP contribution in [0.1, 0.15) is 73.1 Å². The fraction of sp³-hybridized carbons (Fsp3) is 0.458. The Morgan fingerprint density at radius 2 is 1.33 bits per heavy atom. The number of benzene rings is 2. The summed E-state index contributed by atoms with van der Waals surface area (Å²) in [5.41, 5.74) is 5.73. The second kappa shape index (κ2) is 6.29. The first-order chi connectivity index (χ1) is 12.8. The van der Waals surface area contributed by atoms with Gasteiger partial charge in [0.25, 0.3) is 0 Å². The molecule has 4 rings (SSSR count). The first kappa shape index (κ1) is 18.4. The molecule has 2 aromatic carbocycles. The lowest BCUT2D eigenvalue weighted by Crippen LogP contribution is -2.35. The molecule has 1 saturated heterocycles. The average Bonchev–Trinajstić information content (AvgIpc) is 3.16. The van der Waals surface area contributed by atoms with Gasteiger partial charge >= 0.3 is 0 Å². The minimum atomic E-state index is -0.895. The maximum absolute atomic E-state index is 11.0. The Hall–Kier alpha value is -1.97. The maximum atomic E-state index is 11.0. The van der Waals surface area contributed by atoms with E-state index in [4.69, 9.17) is 9.47 Å². The van der Waals surface area contributed by atoms with Crippen molar-refractivity contribution in [3.8, 4) is 0 Å². The van der Waals surface area contributed by atoms with Crippen LogP contribution in [0.15, 0.2) is 42.5 Å². The lowest BCUT2D eigenvalue weighted by Gasteiger charge is -2.42. The summed E-state index contributed by atoms with van der Waals surface area (Å²) < 4.78 is 12.4. The molecule has 0 unspecified atom stereocenters. The van der Waals surface area contributed by atoms with E-state index in [1.54, 1.807) is 0 Å². The van der Waals surface area contributed by atoms with Crippen LogP contribution in [0.4, 0.5) is 0 Å². The van der Waals surface area contributed by atoms with Crippen LogP contribution in [-0.2, 0) is 26.1 Å². The van der Waals surface area contributed by atoms with Gasteiger partial charge in [-0.3, -0.25) is 4.79 Å². The van der Waals surface area contributed by atoms with Crippen molar-refractivity contribution in [3.63, 3.8) is 0 Å². The molecule has 0 saturated carbocycles. The zero-order valence-electron chi connectivity index (χ0n) is 16.7. The van der Waals surface area contributed by atoms with Crippen LogP contribution in [0.25, 0.3) is 0 Å². The second-order valence-corrected chi connectivity index (χ2v) is 9.08. The summed E-state index contributed by atoms with van der Waals surface area (Å²) in [7, 11) is 0. The van der Waals surface area contributed by atoms with Crippen LogP contribution >= 0.6 is 0 Å². The van der Waals surface area contributed by atoms with E-state index in [-0.39, 0.29) is 10.8 Å². The number of rotatable bonds is 3. The summed E-state index contributed by atoms with van der Waals surface area (Å²) in [6.45, 7) is 10.4. The molecule has 0 aromatic heterocycles. The summed E-state index contributed by atoms with van der Waals surface area (Å²) >= 11 is 0. The molecule has 1 fully saturated rings. The SMILES string of the molecule is CC1(C)CCC(C)(C)c2cc(C3(c4ccc(C=O)cc4)OCCO3)ccc21. The monoisotopic (exact) mass is 364 g/mol. The normalized spacial score (nSPS) is 22.2. The molecule has 2 aliphatic rings. The van der Waals surface area contributed by atoms with Crippen LogP contribution in [-0.4, -0.2) is 19.5 Å². The summed E-state index contributed by atoms with van der Waals surface area (Å²) in [4.78, 5) is 11.0. The fourth-order valence-electron chi connectivity index (χ4n) is 4.49. The molecule has 142 valence electrons. The molecule has 1 aliphatic carbocycles. The number of hydrogen-bond acceptors (Lipinski definition) is 3. The van der Waals surface area contributed by atoms with Crippen molar-refractivity contribution in [3.05, 3.63) is 70.3 Å². The second-order valence-electron chi connectivity index (χ2n) is 9.08. The molecule has 3 heteroatoms. The first-order valence-electron chi connectivity index (χ1n) is 9.78. The van der Waals surface area contributed by atoms with Gasteiger partial charge in [-0.1, -0.05) is 64.1 Å². The molecular weight excluding hydrogens is 336 g/mol. The molecule has 0 amide bonds. The van der Waals surface area contributed by atoms with Gasteiger partial charge in [-0.2, -0.15) is 0 Å². The third kappa shape index (κ3) is 2.94. The number of ether oxygens (including phenoxy) is 2. The molecule has 0 N–H and O–H groups in total. The highest BCUT2D eigenvalue weighted by Gasteiger charge is 2.43. The van der Waals surface area contributed by atoms with E-state index < -0.39 is 5.79 Å². The Labute approximate surface area is 161 Å². The van der Waals surface area contributed by atoms with Gasteiger partial charge in [0.1, 0.15) is 6.29 Å². The van der Waals surface area contributed by atoms with Crippen molar-refractivity contribution < 1.29 is 14.3 Å². The summed E-state index contributed by atoms with van der Waals surface area (Å²) in [6.07, 6.45) is 3.22. The molecule has 2 aromatic rings. The van der Waals surface area contributed by atoms with Crippen molar-refractivity contribution in [2.75, 3.05) is 13.2 Å². The molecule has 1 aliphatic heterocycles. The maximum Gasteiger partial charge on any atom is 0.222 e. The van der Waals surface area contributed by atoms with E-state index >= 15 is 0 Å². The first-order valence-corrected chi connectivity index (χ1v) is 9.78. The van der Waals surface area contributed by atoms with Gasteiger partial charge in [0.15, 0.2) is 0 Å². The average molecular weight is 364 g/mol. The topological polar surface area (TPSA) is 35.5 Å². The lowest BCUT2D eigenvalue weighted by atomic mass is 9.62. The highest BCUT2D eigenvalue weighted by Crippen LogP contribution is 2.48. The van der Waals surface area contributed by atoms with E-state index in [0.717, 1.165) is 17.4 Å². The van der Waals surface area contributed by atoms with Crippen LogP contribution in [0, 0.1) is 0 Å². The summed E-state index contributed by atoms with van der Waals surface area (Å²) in [5, 5.41) is 0. The smallest absolute Gasteiger partial charge is 0.222 e. The van der Waals surface area contributed by atoms with Crippen LogP contribution < -0.4 is 0 Å². The van der Waals surface area contributed by atoms with Crippen LogP contribution in [0.3, 0.4) is 0 Å². The molecular formula is C24H28O3. The van der Waals surface area contributed by atoms with Crippen molar-refractivity contribution in [1.29, 1.82) is 0 Å². The molecule has 27 heavy (non-hydrogen) atoms. The summed E-state index contributed by atoms with van der Waals surface area (Å²) in [5.74, 6) is -0.895. The minimum absolute atomic E-state index is 0.127. The molecule has 0 spiro atoms. The zero-order chi connectivity index (χ0) is 19.3. The van der Waals surface area contributed by atoms with Crippen molar-refractivity contribution in [2.24, 2.45) is 0 Å². The third-order valence-electron chi connectivity index (χ3n) is 6.35. The predicted molar refractivity (Wildman–Crippen MR) is 106 cm³/mol. The Balaban J connectivity index is 1.86. The van der Waals surface area contributed by atoms with Crippen molar-refractivity contribution in [2.45, 2.75) is 57.2 Å². The van der Waals surface area contributed by atoms with E-state index in [2.05, 4.69) is 45.9 Å². The van der Waals surface area contributed by atoms with E-state index in [1.165, 1.54) is 24.0 Å². The number of carbonyl (C=O) groups excluding carboxylic acids is 1. The fourth-order valence-corrected chi connectivity index (χ4v) is 4.49. The lowest BCUT2D eigenvalue weighted by molar-refractivity contribution is -0.130. The number of hydrogen-bond donors (Lipinski definition) is 0. The van der Waals surface area contributed by atoms with E-state index in [9.17, 15) is 4.79 Å². The van der Waals surface area contributed by atoms with Gasteiger partial charge in [0.05, 0.1) is 13.2 Å². The zero-order valence-corrected chi connectivity index (χ0v) is 16.7. The van der Waals surface area contributed by atoms with Gasteiger partial charge in [0, 0.05) is 16.7 Å². The van der Waals surface area contributed by atoms with E-state index in [1.807, 2.05) is 24.3 Å². The van der Waals surface area contributed by atoms with Gasteiger partial charge in [0.2, 0.25) is 5.79 Å². The quantitative estimate of drug-likeness (QED) is 0.711. The van der Waals surface area contributed by atoms with Gasteiger partial charge in [-0.05, 0) is 40.9 Å². The van der Waals surface area contributed by atoms with Crippen LogP contribution in [0.2, 0.25) is 0 Å². The van der Waals surface area contributed by atoms with Gasteiger partial charge in [-0.15, -0.1) is 0 Å². The van der Waals surface area contributed by atoms with E-state index in [0.29, 0.717) is 18.8 Å². The molecule has 0 bridgehead atoms. The number of aldehydes is 1. The van der Waals surface area contributed by atoms with Crippen molar-refractivity contribution in [1.82, 2.24) is 0 Å². The third-order valence-corrected chi connectivity index (χ3v) is 6.35. The summed E-state index contributed by atoms with van der Waals surface area (Å²) in [6, 6.07) is 14.2. The number of carbonyl (C=O) groups is 1. The van der Waals surface area contributed by atoms with Gasteiger partial charge < -0.3 is 9.47 Å². The molecule has 0 radical (unpaired) electrons. The predicted octanol–water partition coefficient (Wildman–Crippen LogP) is 5.10. The van der Waals surface area contributed by atoms with Gasteiger partial charge in [-0.25, -0.2) is 0 Å². The Morgan fingerprint density at radius 1 is 0.778 bits per heavy atom. The molecule has 1 heterocycles. The number of fused-ring (bicyclic) bond motifs is 1. The highest BCUT2D eigenvalue weighted by atomic mass is 16.7. The van der Waals surface area contributed by atoms with Crippen molar-refractivity contribution >= 4 is 6.29 Å². The Bertz CT molecular complexity index is 856.